The SMILES string of the molecule is CCCCCCCCCCC(CCCCCCCCCC)OC. The third-order valence-electron chi connectivity index (χ3n) is 5.09. The lowest BCUT2D eigenvalue weighted by atomic mass is 10.0. The summed E-state index contributed by atoms with van der Waals surface area (Å²) in [5, 5.41) is 0. The summed E-state index contributed by atoms with van der Waals surface area (Å²) >= 11 is 0. The van der Waals surface area contributed by atoms with Crippen LogP contribution in [0.4, 0.5) is 0 Å². The fourth-order valence-electron chi connectivity index (χ4n) is 3.39. The molecule has 0 aliphatic carbocycles. The predicted octanol–water partition coefficient (Wildman–Crippen LogP) is 8.06. The Bertz CT molecular complexity index is 182. The molecule has 0 spiro atoms. The highest BCUT2D eigenvalue weighted by Gasteiger charge is 2.06. The van der Waals surface area contributed by atoms with Crippen molar-refractivity contribution in [3.8, 4) is 0 Å². The number of rotatable bonds is 19. The molecule has 0 N–H and O–H groups in total. The van der Waals surface area contributed by atoms with Gasteiger partial charge in [0.25, 0.3) is 0 Å². The van der Waals surface area contributed by atoms with Crippen LogP contribution in [-0.2, 0) is 4.74 Å². The zero-order valence-electron chi connectivity index (χ0n) is 16.7. The van der Waals surface area contributed by atoms with Gasteiger partial charge in [0.15, 0.2) is 0 Å². The normalized spacial score (nSPS) is 11.5. The van der Waals surface area contributed by atoms with Gasteiger partial charge in [0, 0.05) is 7.11 Å². The fraction of sp³-hybridized carbons (Fsp3) is 1.00. The minimum absolute atomic E-state index is 0.523. The molecule has 0 saturated heterocycles. The lowest BCUT2D eigenvalue weighted by Gasteiger charge is -2.15. The Balaban J connectivity index is 3.29. The maximum absolute atomic E-state index is 5.67. The van der Waals surface area contributed by atoms with Gasteiger partial charge in [-0.1, -0.05) is 117 Å². The molecule has 0 aromatic rings. The Kier molecular flexibility index (Phi) is 20.0. The summed E-state index contributed by atoms with van der Waals surface area (Å²) in [4.78, 5) is 0. The monoisotopic (exact) mass is 326 g/mol. The molecule has 0 aromatic carbocycles. The Morgan fingerprint density at radius 1 is 0.478 bits per heavy atom. The van der Waals surface area contributed by atoms with Gasteiger partial charge in [0.05, 0.1) is 6.10 Å². The van der Waals surface area contributed by atoms with Crippen LogP contribution >= 0.6 is 0 Å². The van der Waals surface area contributed by atoms with E-state index in [1.165, 1.54) is 116 Å². The Morgan fingerprint density at radius 3 is 1.09 bits per heavy atom. The minimum atomic E-state index is 0.523. The van der Waals surface area contributed by atoms with E-state index in [1.807, 2.05) is 7.11 Å². The van der Waals surface area contributed by atoms with Crippen molar-refractivity contribution in [3.05, 3.63) is 0 Å². The van der Waals surface area contributed by atoms with E-state index in [-0.39, 0.29) is 0 Å². The number of ether oxygens (including phenoxy) is 1. The van der Waals surface area contributed by atoms with E-state index in [0.717, 1.165) is 0 Å². The number of hydrogen-bond donors (Lipinski definition) is 0. The van der Waals surface area contributed by atoms with Gasteiger partial charge >= 0.3 is 0 Å². The topological polar surface area (TPSA) is 9.23 Å². The van der Waals surface area contributed by atoms with E-state index in [2.05, 4.69) is 13.8 Å². The Hall–Kier alpha value is -0.0400. The summed E-state index contributed by atoms with van der Waals surface area (Å²) in [6.07, 6.45) is 25.7. The van der Waals surface area contributed by atoms with Crippen molar-refractivity contribution < 1.29 is 4.74 Å². The molecule has 0 unspecified atom stereocenters. The fourth-order valence-corrected chi connectivity index (χ4v) is 3.39. The molecular weight excluding hydrogens is 280 g/mol. The Morgan fingerprint density at radius 2 is 0.783 bits per heavy atom. The quantitative estimate of drug-likeness (QED) is 0.218. The highest BCUT2D eigenvalue weighted by atomic mass is 16.5. The third-order valence-corrected chi connectivity index (χ3v) is 5.09. The summed E-state index contributed by atoms with van der Waals surface area (Å²) in [7, 11) is 1.90. The molecule has 0 aliphatic rings. The van der Waals surface area contributed by atoms with Gasteiger partial charge < -0.3 is 4.74 Å². The molecule has 0 heterocycles. The van der Waals surface area contributed by atoms with Crippen LogP contribution in [0.25, 0.3) is 0 Å². The van der Waals surface area contributed by atoms with Gasteiger partial charge in [0.2, 0.25) is 0 Å². The van der Waals surface area contributed by atoms with Gasteiger partial charge in [0.1, 0.15) is 0 Å². The molecule has 0 aromatic heterocycles. The van der Waals surface area contributed by atoms with Crippen LogP contribution in [0.15, 0.2) is 0 Å². The molecule has 0 bridgehead atoms. The van der Waals surface area contributed by atoms with Crippen molar-refractivity contribution in [2.45, 2.75) is 136 Å². The standard InChI is InChI=1S/C22H46O/c1-4-6-8-10-12-14-16-18-20-22(23-3)21-19-17-15-13-11-9-7-5-2/h22H,4-21H2,1-3H3. The first-order chi connectivity index (χ1) is 11.3. The predicted molar refractivity (Wildman–Crippen MR) is 105 cm³/mol. The maximum Gasteiger partial charge on any atom is 0.0571 e. The summed E-state index contributed by atoms with van der Waals surface area (Å²) < 4.78 is 5.67. The van der Waals surface area contributed by atoms with Gasteiger partial charge in [-0.2, -0.15) is 0 Å². The molecule has 0 rings (SSSR count). The molecule has 1 heteroatoms. The molecule has 0 fully saturated rings. The first-order valence-electron chi connectivity index (χ1n) is 10.9. The molecule has 0 saturated carbocycles. The molecule has 0 atom stereocenters. The van der Waals surface area contributed by atoms with E-state index in [9.17, 15) is 0 Å². The lowest BCUT2D eigenvalue weighted by molar-refractivity contribution is 0.0831. The molecule has 1 nitrogen and oxygen atoms in total. The van der Waals surface area contributed by atoms with E-state index in [0.29, 0.717) is 6.10 Å². The van der Waals surface area contributed by atoms with Crippen LogP contribution in [0.5, 0.6) is 0 Å². The molecule has 23 heavy (non-hydrogen) atoms. The van der Waals surface area contributed by atoms with Crippen molar-refractivity contribution in [2.75, 3.05) is 7.11 Å². The second-order valence-corrected chi connectivity index (χ2v) is 7.38. The van der Waals surface area contributed by atoms with Crippen molar-refractivity contribution in [1.82, 2.24) is 0 Å². The number of methoxy groups -OCH3 is 1. The van der Waals surface area contributed by atoms with E-state index in [4.69, 9.17) is 4.74 Å². The van der Waals surface area contributed by atoms with Crippen LogP contribution in [0.3, 0.4) is 0 Å². The van der Waals surface area contributed by atoms with Gasteiger partial charge in [-0.05, 0) is 12.8 Å². The highest BCUT2D eigenvalue weighted by molar-refractivity contribution is 4.59. The van der Waals surface area contributed by atoms with Crippen LogP contribution in [0.2, 0.25) is 0 Å². The maximum atomic E-state index is 5.67. The lowest BCUT2D eigenvalue weighted by Crippen LogP contribution is -2.10. The summed E-state index contributed by atoms with van der Waals surface area (Å²) in [6.45, 7) is 4.58. The zero-order valence-corrected chi connectivity index (χ0v) is 16.7. The molecule has 140 valence electrons. The zero-order chi connectivity index (χ0) is 17.0. The van der Waals surface area contributed by atoms with E-state index in [1.54, 1.807) is 0 Å². The van der Waals surface area contributed by atoms with Crippen molar-refractivity contribution in [1.29, 1.82) is 0 Å². The van der Waals surface area contributed by atoms with E-state index >= 15 is 0 Å². The van der Waals surface area contributed by atoms with Crippen LogP contribution < -0.4 is 0 Å². The minimum Gasteiger partial charge on any atom is -0.381 e. The number of unbranched alkanes of at least 4 members (excludes halogenated alkanes) is 14. The second kappa shape index (κ2) is 20.0. The van der Waals surface area contributed by atoms with Crippen LogP contribution in [0.1, 0.15) is 129 Å². The van der Waals surface area contributed by atoms with Crippen molar-refractivity contribution in [3.63, 3.8) is 0 Å². The first kappa shape index (κ1) is 23.0. The van der Waals surface area contributed by atoms with Crippen LogP contribution in [0, 0.1) is 0 Å². The smallest absolute Gasteiger partial charge is 0.0571 e. The third kappa shape index (κ3) is 18.1. The Labute approximate surface area is 148 Å². The summed E-state index contributed by atoms with van der Waals surface area (Å²) in [5.74, 6) is 0. The summed E-state index contributed by atoms with van der Waals surface area (Å²) in [6, 6.07) is 0. The highest BCUT2D eigenvalue weighted by Crippen LogP contribution is 2.16. The van der Waals surface area contributed by atoms with E-state index < -0.39 is 0 Å². The van der Waals surface area contributed by atoms with Gasteiger partial charge in [-0.3, -0.25) is 0 Å². The average Bonchev–Trinajstić information content (AvgIpc) is 2.57. The van der Waals surface area contributed by atoms with Crippen molar-refractivity contribution >= 4 is 0 Å². The average molecular weight is 327 g/mol. The van der Waals surface area contributed by atoms with Gasteiger partial charge in [-0.25, -0.2) is 0 Å². The molecular formula is C22H46O. The number of hydrogen-bond acceptors (Lipinski definition) is 1. The second-order valence-electron chi connectivity index (χ2n) is 7.38. The summed E-state index contributed by atoms with van der Waals surface area (Å²) in [5.41, 5.74) is 0. The molecule has 0 radical (unpaired) electrons. The first-order valence-corrected chi connectivity index (χ1v) is 10.9. The van der Waals surface area contributed by atoms with Crippen LogP contribution in [-0.4, -0.2) is 13.2 Å². The van der Waals surface area contributed by atoms with Crippen molar-refractivity contribution in [2.24, 2.45) is 0 Å². The van der Waals surface area contributed by atoms with Gasteiger partial charge in [-0.15, -0.1) is 0 Å². The largest absolute Gasteiger partial charge is 0.381 e. The molecule has 0 aliphatic heterocycles. The molecule has 0 amide bonds.